The van der Waals surface area contributed by atoms with Gasteiger partial charge in [-0.15, -0.1) is 0 Å². The van der Waals surface area contributed by atoms with Crippen LogP contribution in [0.5, 0.6) is 0 Å². The van der Waals surface area contributed by atoms with Crippen molar-refractivity contribution < 1.29 is 10.4 Å². The molecule has 0 spiro atoms. The molecule has 0 unspecified atom stereocenters. The SMILES string of the molecule is CC1(C)N(O)C(=C2C=c3ncccc3=N2)N(O)C1(C)C. The van der Waals surface area contributed by atoms with E-state index in [4.69, 9.17) is 0 Å². The molecule has 0 amide bonds. The van der Waals surface area contributed by atoms with Gasteiger partial charge in [0.2, 0.25) is 0 Å². The molecule has 2 N–H and O–H groups in total. The molecule has 0 aliphatic carbocycles. The molecule has 1 fully saturated rings. The summed E-state index contributed by atoms with van der Waals surface area (Å²) in [5, 5.41) is 24.5. The van der Waals surface area contributed by atoms with Crippen molar-refractivity contribution >= 4 is 6.08 Å². The summed E-state index contributed by atoms with van der Waals surface area (Å²) in [6, 6.07) is 3.65. The van der Waals surface area contributed by atoms with Gasteiger partial charge in [0.05, 0.1) is 21.8 Å². The molecule has 2 aliphatic heterocycles. The number of hydroxylamine groups is 4. The summed E-state index contributed by atoms with van der Waals surface area (Å²) in [6.45, 7) is 7.46. The third kappa shape index (κ3) is 1.46. The maximum absolute atomic E-state index is 10.4. The first-order valence-electron chi connectivity index (χ1n) is 6.51. The van der Waals surface area contributed by atoms with Crippen LogP contribution >= 0.6 is 0 Å². The van der Waals surface area contributed by atoms with Crippen LogP contribution in [-0.4, -0.2) is 36.6 Å². The Hall–Kier alpha value is -1.92. The molecule has 0 atom stereocenters. The second-order valence-corrected chi connectivity index (χ2v) is 6.11. The smallest absolute Gasteiger partial charge is 0.180 e. The molecule has 1 aromatic rings. The highest BCUT2D eigenvalue weighted by Gasteiger charge is 2.56. The van der Waals surface area contributed by atoms with Crippen LogP contribution < -0.4 is 10.7 Å². The normalized spacial score (nSPS) is 22.7. The molecular weight excluding hydrogens is 256 g/mol. The topological polar surface area (TPSA) is 72.2 Å². The zero-order valence-corrected chi connectivity index (χ0v) is 12.0. The number of allylic oxidation sites excluding steroid dienone is 1. The van der Waals surface area contributed by atoms with Crippen molar-refractivity contribution in [2.45, 2.75) is 38.8 Å². The minimum absolute atomic E-state index is 0.276. The molecule has 6 nitrogen and oxygen atoms in total. The lowest BCUT2D eigenvalue weighted by Crippen LogP contribution is -2.52. The lowest BCUT2D eigenvalue weighted by molar-refractivity contribution is -0.125. The fourth-order valence-electron chi connectivity index (χ4n) is 2.38. The number of hydrogen-bond donors (Lipinski definition) is 2. The van der Waals surface area contributed by atoms with E-state index in [1.807, 2.05) is 33.8 Å². The molecule has 0 aromatic carbocycles. The van der Waals surface area contributed by atoms with E-state index in [0.717, 1.165) is 20.8 Å². The first-order chi connectivity index (χ1) is 9.26. The summed E-state index contributed by atoms with van der Waals surface area (Å²) < 4.78 is 0. The van der Waals surface area contributed by atoms with Crippen LogP contribution in [0, 0.1) is 0 Å². The fraction of sp³-hybridized carbons (Fsp3) is 0.429. The molecule has 3 heterocycles. The van der Waals surface area contributed by atoms with Gasteiger partial charge in [0.15, 0.2) is 5.82 Å². The molecule has 1 aromatic heterocycles. The van der Waals surface area contributed by atoms with E-state index in [1.165, 1.54) is 0 Å². The van der Waals surface area contributed by atoms with Gasteiger partial charge in [0, 0.05) is 6.20 Å². The summed E-state index contributed by atoms with van der Waals surface area (Å²) in [6.07, 6.45) is 3.45. The molecule has 3 rings (SSSR count). The first-order valence-corrected chi connectivity index (χ1v) is 6.51. The molecule has 0 radical (unpaired) electrons. The Kier molecular flexibility index (Phi) is 2.49. The lowest BCUT2D eigenvalue weighted by atomic mass is 9.84. The molecule has 1 saturated heterocycles. The van der Waals surface area contributed by atoms with Gasteiger partial charge in [0.1, 0.15) is 5.70 Å². The van der Waals surface area contributed by atoms with Gasteiger partial charge < -0.3 is 0 Å². The molecule has 0 bridgehead atoms. The second kappa shape index (κ2) is 3.80. The number of aromatic nitrogens is 1. The zero-order valence-electron chi connectivity index (χ0n) is 12.0. The molecular formula is C14H18N4O2. The van der Waals surface area contributed by atoms with Crippen LogP contribution in [0.4, 0.5) is 0 Å². The predicted molar refractivity (Wildman–Crippen MR) is 71.9 cm³/mol. The van der Waals surface area contributed by atoms with Gasteiger partial charge in [-0.2, -0.15) is 0 Å². The predicted octanol–water partition coefficient (Wildman–Crippen LogP) is 0.618. The van der Waals surface area contributed by atoms with E-state index in [9.17, 15) is 10.4 Å². The number of fused-ring (bicyclic) bond motifs is 1. The van der Waals surface area contributed by atoms with Gasteiger partial charge in [0.25, 0.3) is 0 Å². The van der Waals surface area contributed by atoms with Crippen molar-refractivity contribution in [1.29, 1.82) is 0 Å². The van der Waals surface area contributed by atoms with Gasteiger partial charge in [-0.05, 0) is 45.9 Å². The van der Waals surface area contributed by atoms with Gasteiger partial charge >= 0.3 is 0 Å². The molecule has 0 saturated carbocycles. The Morgan fingerprint density at radius 1 is 1.05 bits per heavy atom. The lowest BCUT2D eigenvalue weighted by Gasteiger charge is -2.37. The Balaban J connectivity index is 2.22. The summed E-state index contributed by atoms with van der Waals surface area (Å²) in [4.78, 5) is 8.64. The van der Waals surface area contributed by atoms with Crippen molar-refractivity contribution in [3.8, 4) is 0 Å². The molecule has 2 aliphatic rings. The van der Waals surface area contributed by atoms with Gasteiger partial charge in [-0.25, -0.2) is 15.1 Å². The average molecular weight is 274 g/mol. The Labute approximate surface area is 116 Å². The van der Waals surface area contributed by atoms with Gasteiger partial charge in [-0.1, -0.05) is 0 Å². The Morgan fingerprint density at radius 2 is 1.65 bits per heavy atom. The Bertz CT molecular complexity index is 662. The van der Waals surface area contributed by atoms with E-state index < -0.39 is 11.1 Å². The fourth-order valence-corrected chi connectivity index (χ4v) is 2.38. The molecule has 6 heteroatoms. The van der Waals surface area contributed by atoms with Crippen molar-refractivity contribution in [2.75, 3.05) is 0 Å². The van der Waals surface area contributed by atoms with Crippen molar-refractivity contribution in [3.63, 3.8) is 0 Å². The highest BCUT2D eigenvalue weighted by Crippen LogP contribution is 2.44. The minimum Gasteiger partial charge on any atom is -0.286 e. The monoisotopic (exact) mass is 274 g/mol. The highest BCUT2D eigenvalue weighted by molar-refractivity contribution is 5.50. The molecule has 20 heavy (non-hydrogen) atoms. The number of rotatable bonds is 0. The number of hydrogen-bond acceptors (Lipinski definition) is 6. The van der Waals surface area contributed by atoms with E-state index in [-0.39, 0.29) is 5.82 Å². The van der Waals surface area contributed by atoms with Crippen LogP contribution in [0.3, 0.4) is 0 Å². The van der Waals surface area contributed by atoms with Gasteiger partial charge in [-0.3, -0.25) is 15.4 Å². The maximum atomic E-state index is 10.4. The van der Waals surface area contributed by atoms with E-state index in [1.54, 1.807) is 18.3 Å². The Morgan fingerprint density at radius 3 is 2.20 bits per heavy atom. The standard InChI is InChI=1S/C14H18N4O2/c1-13(2)14(3,4)18(20)12(17(13)19)11-8-10-9(16-11)6-5-7-15-10/h5-8,19-20H,1-4H3. The quantitative estimate of drug-likeness (QED) is 0.725. The van der Waals surface area contributed by atoms with Crippen molar-refractivity contribution in [2.24, 2.45) is 4.99 Å². The number of pyridine rings is 1. The van der Waals surface area contributed by atoms with Crippen LogP contribution in [0.1, 0.15) is 27.7 Å². The second-order valence-electron chi connectivity index (χ2n) is 6.11. The summed E-state index contributed by atoms with van der Waals surface area (Å²) in [5.41, 5.74) is -0.812. The van der Waals surface area contributed by atoms with E-state index >= 15 is 0 Å². The van der Waals surface area contributed by atoms with Crippen LogP contribution in [-0.2, 0) is 0 Å². The highest BCUT2D eigenvalue weighted by atomic mass is 16.6. The third-order valence-electron chi connectivity index (χ3n) is 4.52. The largest absolute Gasteiger partial charge is 0.286 e. The summed E-state index contributed by atoms with van der Waals surface area (Å²) >= 11 is 0. The summed E-state index contributed by atoms with van der Waals surface area (Å²) in [7, 11) is 0. The molecule has 106 valence electrons. The third-order valence-corrected chi connectivity index (χ3v) is 4.52. The number of nitrogens with zero attached hydrogens (tertiary/aromatic N) is 4. The summed E-state index contributed by atoms with van der Waals surface area (Å²) in [5.74, 6) is 0.276. The maximum Gasteiger partial charge on any atom is 0.180 e. The van der Waals surface area contributed by atoms with Crippen LogP contribution in [0.25, 0.3) is 6.08 Å². The van der Waals surface area contributed by atoms with E-state index in [0.29, 0.717) is 5.70 Å². The zero-order chi connectivity index (χ0) is 14.7. The van der Waals surface area contributed by atoms with Crippen molar-refractivity contribution in [3.05, 3.63) is 40.6 Å². The first kappa shape index (κ1) is 13.1. The minimum atomic E-state index is -0.657. The van der Waals surface area contributed by atoms with Crippen molar-refractivity contribution in [1.82, 2.24) is 15.1 Å². The van der Waals surface area contributed by atoms with E-state index in [2.05, 4.69) is 9.98 Å². The average Bonchev–Trinajstić information content (AvgIpc) is 2.85. The van der Waals surface area contributed by atoms with Crippen LogP contribution in [0.15, 0.2) is 34.8 Å². The van der Waals surface area contributed by atoms with Crippen LogP contribution in [0.2, 0.25) is 0 Å².